The summed E-state index contributed by atoms with van der Waals surface area (Å²) >= 11 is 0. The topological polar surface area (TPSA) is 17.1 Å². The first kappa shape index (κ1) is 14.4. The Hall–Kier alpha value is -1.70. The molecule has 0 aliphatic heterocycles. The van der Waals surface area contributed by atoms with E-state index in [1.807, 2.05) is 0 Å². The van der Waals surface area contributed by atoms with Crippen molar-refractivity contribution in [2.75, 3.05) is 0 Å². The van der Waals surface area contributed by atoms with Crippen LogP contribution in [0.25, 0.3) is 0 Å². The van der Waals surface area contributed by atoms with Gasteiger partial charge in [-0.1, -0.05) is 17.8 Å². The number of benzene rings is 1. The van der Waals surface area contributed by atoms with E-state index in [1.54, 1.807) is 13.8 Å². The largest absolute Gasteiger partial charge is 0.482 e. The van der Waals surface area contributed by atoms with Gasteiger partial charge in [-0.3, -0.25) is 4.79 Å². The van der Waals surface area contributed by atoms with Gasteiger partial charge in [-0.15, -0.1) is 6.42 Å². The maximum atomic E-state index is 12.6. The minimum Gasteiger partial charge on any atom is -0.449 e. The monoisotopic (exact) mass is 253 g/mol. The van der Waals surface area contributed by atoms with Crippen molar-refractivity contribution < 1.29 is 17.7 Å². The molecule has 1 rings (SSSR count). The van der Waals surface area contributed by atoms with Crippen LogP contribution in [0.15, 0.2) is 0 Å². The van der Waals surface area contributed by atoms with E-state index in [-0.39, 0.29) is 11.1 Å². The van der Waals surface area contributed by atoms with Crippen LogP contribution in [0.3, 0.4) is 0 Å². The van der Waals surface area contributed by atoms with Crippen LogP contribution in [-0.4, -0.2) is 13.3 Å². The van der Waals surface area contributed by atoms with Crippen molar-refractivity contribution >= 4 is 13.3 Å². The number of carbonyl (C=O) groups excluding carboxylic acids is 1. The summed E-state index contributed by atoms with van der Waals surface area (Å²) in [5, 5.41) is 0. The van der Waals surface area contributed by atoms with Crippen LogP contribution in [0.1, 0.15) is 38.2 Å². The van der Waals surface area contributed by atoms with E-state index in [9.17, 15) is 17.7 Å². The van der Waals surface area contributed by atoms with Gasteiger partial charge in [-0.2, -0.15) is 0 Å². The molecule has 96 valence electrons. The second kappa shape index (κ2) is 4.89. The molecular weight excluding hydrogens is 240 g/mol. The van der Waals surface area contributed by atoms with Crippen LogP contribution >= 0.6 is 0 Å². The van der Waals surface area contributed by atoms with Crippen molar-refractivity contribution in [3.05, 3.63) is 33.4 Å². The van der Waals surface area contributed by atoms with E-state index in [1.165, 1.54) is 6.92 Å². The lowest BCUT2D eigenvalue weighted by atomic mass is 9.76. The maximum absolute atomic E-state index is 12.6. The lowest BCUT2D eigenvalue weighted by Crippen LogP contribution is -2.22. The van der Waals surface area contributed by atoms with Crippen LogP contribution in [0.5, 0.6) is 0 Å². The molecule has 0 heterocycles. The molecule has 0 aliphatic carbocycles. The van der Waals surface area contributed by atoms with Crippen molar-refractivity contribution in [2.45, 2.75) is 27.1 Å². The highest BCUT2D eigenvalue weighted by Crippen LogP contribution is 2.29. The fraction of sp³-hybridized carbons (Fsp3) is 0.308. The predicted molar refractivity (Wildman–Crippen MR) is 66.8 cm³/mol. The standard InChI is InChI=1S/C13H13BF3O/c1-5-11-8(2)12(6-14(15,16)17)10(4)13(7-18)9(11)3/h1,7H,6H2,2-4H3/q-1. The average Bonchev–Trinajstić information content (AvgIpc) is 2.24. The maximum Gasteiger partial charge on any atom is 0.482 e. The summed E-state index contributed by atoms with van der Waals surface area (Å²) in [6.45, 7) is -0.204. The van der Waals surface area contributed by atoms with E-state index in [0.717, 1.165) is 0 Å². The molecule has 5 heteroatoms. The third-order valence-corrected chi connectivity index (χ3v) is 3.16. The van der Waals surface area contributed by atoms with E-state index in [2.05, 4.69) is 5.92 Å². The van der Waals surface area contributed by atoms with E-state index >= 15 is 0 Å². The molecule has 0 aliphatic rings. The third-order valence-electron chi connectivity index (χ3n) is 3.16. The fourth-order valence-electron chi connectivity index (χ4n) is 2.22. The highest BCUT2D eigenvalue weighted by atomic mass is 19.4. The van der Waals surface area contributed by atoms with Gasteiger partial charge in [0.1, 0.15) is 0 Å². The Kier molecular flexibility index (Phi) is 3.90. The Bertz CT molecular complexity index is 539. The summed E-state index contributed by atoms with van der Waals surface area (Å²) in [4.78, 5) is 11.0. The minimum atomic E-state index is -4.96. The number of rotatable bonds is 3. The number of hydrogen-bond acceptors (Lipinski definition) is 1. The Morgan fingerprint density at radius 1 is 1.17 bits per heavy atom. The Balaban J connectivity index is 3.62. The molecule has 0 atom stereocenters. The van der Waals surface area contributed by atoms with Crippen molar-refractivity contribution in [3.8, 4) is 12.3 Å². The molecule has 0 aromatic heterocycles. The molecule has 1 nitrogen and oxygen atoms in total. The van der Waals surface area contributed by atoms with E-state index in [0.29, 0.717) is 28.5 Å². The number of hydrogen-bond donors (Lipinski definition) is 0. The van der Waals surface area contributed by atoms with Gasteiger partial charge in [-0.05, 0) is 37.5 Å². The predicted octanol–water partition coefficient (Wildman–Crippen LogP) is 3.33. The molecule has 0 fully saturated rings. The smallest absolute Gasteiger partial charge is 0.449 e. The Labute approximate surface area is 104 Å². The summed E-state index contributed by atoms with van der Waals surface area (Å²) in [5.41, 5.74) is 2.17. The van der Waals surface area contributed by atoms with E-state index in [4.69, 9.17) is 6.42 Å². The molecule has 0 unspecified atom stereocenters. The van der Waals surface area contributed by atoms with Gasteiger partial charge in [0.15, 0.2) is 6.29 Å². The Morgan fingerprint density at radius 2 is 1.72 bits per heavy atom. The zero-order valence-corrected chi connectivity index (χ0v) is 10.5. The van der Waals surface area contributed by atoms with Crippen LogP contribution in [0, 0.1) is 33.1 Å². The third kappa shape index (κ3) is 2.58. The molecule has 18 heavy (non-hydrogen) atoms. The van der Waals surface area contributed by atoms with E-state index < -0.39 is 13.3 Å². The molecule has 0 amide bonds. The summed E-state index contributed by atoms with van der Waals surface area (Å²) < 4.78 is 37.8. The molecule has 1 aromatic carbocycles. The molecule has 0 spiro atoms. The molecule has 0 N–H and O–H groups in total. The first-order valence-electron chi connectivity index (χ1n) is 5.48. The normalized spacial score (nSPS) is 11.2. The van der Waals surface area contributed by atoms with Gasteiger partial charge >= 0.3 is 6.98 Å². The minimum absolute atomic E-state index is 0.128. The van der Waals surface area contributed by atoms with Gasteiger partial charge in [0, 0.05) is 11.1 Å². The Morgan fingerprint density at radius 3 is 2.11 bits per heavy atom. The molecular formula is C13H13BF3O-. The van der Waals surface area contributed by atoms with Crippen molar-refractivity contribution in [1.29, 1.82) is 0 Å². The summed E-state index contributed by atoms with van der Waals surface area (Å²) in [6.07, 6.45) is 4.88. The number of carbonyl (C=O) groups is 1. The van der Waals surface area contributed by atoms with Crippen LogP contribution in [0.4, 0.5) is 12.9 Å². The molecule has 0 bridgehead atoms. The van der Waals surface area contributed by atoms with Crippen LogP contribution in [0.2, 0.25) is 0 Å². The average molecular weight is 253 g/mol. The first-order chi connectivity index (χ1) is 8.22. The SMILES string of the molecule is C#Cc1c(C)c(C=O)c(C)c(C[B-](F)(F)F)c1C. The zero-order chi connectivity index (χ0) is 14.1. The second-order valence-electron chi connectivity index (χ2n) is 4.32. The summed E-state index contributed by atoms with van der Waals surface area (Å²) in [6, 6.07) is 0. The van der Waals surface area contributed by atoms with Crippen molar-refractivity contribution in [2.24, 2.45) is 0 Å². The fourth-order valence-corrected chi connectivity index (χ4v) is 2.22. The number of aldehydes is 1. The van der Waals surface area contributed by atoms with Crippen molar-refractivity contribution in [1.82, 2.24) is 0 Å². The second-order valence-corrected chi connectivity index (χ2v) is 4.32. The van der Waals surface area contributed by atoms with Gasteiger partial charge < -0.3 is 12.9 Å². The molecule has 1 aromatic rings. The first-order valence-corrected chi connectivity index (χ1v) is 5.48. The lowest BCUT2D eigenvalue weighted by molar-refractivity contribution is 0.112. The van der Waals surface area contributed by atoms with Gasteiger partial charge in [0.2, 0.25) is 0 Å². The lowest BCUT2D eigenvalue weighted by Gasteiger charge is -2.21. The van der Waals surface area contributed by atoms with Gasteiger partial charge in [-0.25, -0.2) is 0 Å². The number of terminal acetylenes is 1. The highest BCUT2D eigenvalue weighted by Gasteiger charge is 2.27. The number of halogens is 3. The molecule has 0 radical (unpaired) electrons. The summed E-state index contributed by atoms with van der Waals surface area (Å²) in [5.74, 6) is 2.37. The van der Waals surface area contributed by atoms with Gasteiger partial charge in [0.05, 0.1) is 0 Å². The van der Waals surface area contributed by atoms with Crippen LogP contribution in [-0.2, 0) is 6.32 Å². The van der Waals surface area contributed by atoms with Crippen LogP contribution < -0.4 is 0 Å². The molecule has 0 saturated heterocycles. The summed E-state index contributed by atoms with van der Waals surface area (Å²) in [7, 11) is 0. The van der Waals surface area contributed by atoms with Gasteiger partial charge in [0.25, 0.3) is 0 Å². The van der Waals surface area contributed by atoms with Crippen molar-refractivity contribution in [3.63, 3.8) is 0 Å². The molecule has 0 saturated carbocycles. The quantitative estimate of drug-likeness (QED) is 0.458. The zero-order valence-electron chi connectivity index (χ0n) is 10.5. The highest BCUT2D eigenvalue weighted by molar-refractivity contribution is 6.58.